The lowest BCUT2D eigenvalue weighted by Crippen LogP contribution is -2.26. The summed E-state index contributed by atoms with van der Waals surface area (Å²) in [5, 5.41) is 8.39. The summed E-state index contributed by atoms with van der Waals surface area (Å²) in [6, 6.07) is 4.12. The molecule has 0 bridgehead atoms. The van der Waals surface area contributed by atoms with E-state index in [2.05, 4.69) is 28.3 Å². The minimum absolute atomic E-state index is 0.00229. The van der Waals surface area contributed by atoms with Crippen LogP contribution in [0, 0.1) is 13.8 Å². The van der Waals surface area contributed by atoms with E-state index in [1.807, 2.05) is 27.0 Å². The number of benzene rings is 1. The van der Waals surface area contributed by atoms with Crippen molar-refractivity contribution in [1.82, 2.24) is 9.78 Å². The maximum absolute atomic E-state index is 11.8. The van der Waals surface area contributed by atoms with Gasteiger partial charge in [-0.25, -0.2) is 0 Å². The van der Waals surface area contributed by atoms with Crippen LogP contribution < -0.4 is 10.2 Å². The molecule has 1 aromatic heterocycles. The van der Waals surface area contributed by atoms with Crippen molar-refractivity contribution in [1.29, 1.82) is 0 Å². The van der Waals surface area contributed by atoms with Crippen LogP contribution >= 0.6 is 11.6 Å². The van der Waals surface area contributed by atoms with Crippen LogP contribution in [-0.4, -0.2) is 22.2 Å². The van der Waals surface area contributed by atoms with E-state index in [4.69, 9.17) is 11.6 Å². The average molecular weight is 347 g/mol. The molecule has 1 N–H and O–H groups in total. The number of nitrogens with one attached hydrogen (secondary N) is 1. The first-order chi connectivity index (χ1) is 11.4. The van der Waals surface area contributed by atoms with Crippen molar-refractivity contribution in [3.63, 3.8) is 0 Å². The van der Waals surface area contributed by atoms with Gasteiger partial charge < -0.3 is 10.2 Å². The quantitative estimate of drug-likeness (QED) is 0.909. The number of hydrogen-bond donors (Lipinski definition) is 1. The molecule has 128 valence electrons. The summed E-state index contributed by atoms with van der Waals surface area (Å²) in [5.41, 5.74) is 4.38. The fraction of sp³-hybridized carbons (Fsp3) is 0.444. The molecule has 6 heteroatoms. The fourth-order valence-electron chi connectivity index (χ4n) is 3.37. The Kier molecular flexibility index (Phi) is 4.54. The monoisotopic (exact) mass is 346 g/mol. The van der Waals surface area contributed by atoms with E-state index in [1.165, 1.54) is 0 Å². The Labute approximate surface area is 147 Å². The highest BCUT2D eigenvalue weighted by Crippen LogP contribution is 2.41. The number of aryl methyl sites for hydroxylation is 3. The molecule has 24 heavy (non-hydrogen) atoms. The second kappa shape index (κ2) is 6.48. The molecule has 0 saturated heterocycles. The van der Waals surface area contributed by atoms with Gasteiger partial charge in [-0.2, -0.15) is 5.10 Å². The van der Waals surface area contributed by atoms with Crippen LogP contribution in [0.25, 0.3) is 0 Å². The second-order valence-electron chi connectivity index (χ2n) is 6.34. The molecular formula is C18H23ClN4O. The third kappa shape index (κ3) is 2.88. The maximum atomic E-state index is 11.8. The van der Waals surface area contributed by atoms with Crippen LogP contribution in [0.15, 0.2) is 12.1 Å². The zero-order valence-electron chi connectivity index (χ0n) is 14.6. The van der Waals surface area contributed by atoms with Crippen molar-refractivity contribution < 1.29 is 4.79 Å². The van der Waals surface area contributed by atoms with E-state index in [0.29, 0.717) is 6.42 Å². The summed E-state index contributed by atoms with van der Waals surface area (Å²) in [6.45, 7) is 6.84. The van der Waals surface area contributed by atoms with E-state index >= 15 is 0 Å². The zero-order valence-corrected chi connectivity index (χ0v) is 15.4. The minimum atomic E-state index is 0.00229. The lowest BCUT2D eigenvalue weighted by Gasteiger charge is -2.30. The Morgan fingerprint density at radius 2 is 2.12 bits per heavy atom. The highest BCUT2D eigenvalue weighted by molar-refractivity contribution is 6.33. The van der Waals surface area contributed by atoms with E-state index in [9.17, 15) is 4.79 Å². The number of aromatic nitrogens is 2. The van der Waals surface area contributed by atoms with Crippen LogP contribution in [-0.2, 0) is 18.3 Å². The number of nitrogens with zero attached hydrogens (tertiary/aromatic N) is 3. The zero-order chi connectivity index (χ0) is 17.4. The Morgan fingerprint density at radius 1 is 1.38 bits per heavy atom. The molecule has 2 aromatic rings. The molecular weight excluding hydrogens is 324 g/mol. The van der Waals surface area contributed by atoms with Gasteiger partial charge in [0, 0.05) is 25.6 Å². The number of carbonyl (C=O) groups excluding carboxylic acids is 1. The van der Waals surface area contributed by atoms with Crippen molar-refractivity contribution >= 4 is 34.8 Å². The van der Waals surface area contributed by atoms with Gasteiger partial charge in [-0.05, 0) is 43.9 Å². The molecule has 1 amide bonds. The number of anilines is 3. The first-order valence-corrected chi connectivity index (χ1v) is 8.70. The average Bonchev–Trinajstić information content (AvgIpc) is 2.83. The van der Waals surface area contributed by atoms with Gasteiger partial charge in [-0.3, -0.25) is 9.48 Å². The van der Waals surface area contributed by atoms with Crippen LogP contribution in [0.5, 0.6) is 0 Å². The molecule has 3 rings (SSSR count). The molecule has 5 nitrogen and oxygen atoms in total. The minimum Gasteiger partial charge on any atom is -0.323 e. The highest BCUT2D eigenvalue weighted by Gasteiger charge is 2.28. The fourth-order valence-corrected chi connectivity index (χ4v) is 3.79. The topological polar surface area (TPSA) is 50.2 Å². The summed E-state index contributed by atoms with van der Waals surface area (Å²) in [6.07, 6.45) is 2.35. The van der Waals surface area contributed by atoms with Gasteiger partial charge in [-0.15, -0.1) is 0 Å². The van der Waals surface area contributed by atoms with Crippen molar-refractivity contribution in [3.8, 4) is 0 Å². The number of carbonyl (C=O) groups is 1. The maximum Gasteiger partial charge on any atom is 0.225 e. The summed E-state index contributed by atoms with van der Waals surface area (Å²) in [4.78, 5) is 14.0. The largest absolute Gasteiger partial charge is 0.323 e. The van der Waals surface area contributed by atoms with Crippen LogP contribution in [0.4, 0.5) is 17.3 Å². The number of fused-ring (bicyclic) bond motifs is 1. The van der Waals surface area contributed by atoms with Crippen molar-refractivity contribution in [3.05, 3.63) is 33.8 Å². The molecule has 1 aromatic carbocycles. The number of halogens is 1. The van der Waals surface area contributed by atoms with Gasteiger partial charge in [0.05, 0.1) is 10.7 Å². The lowest BCUT2D eigenvalue weighted by atomic mass is 10.0. The Balaban J connectivity index is 2.08. The van der Waals surface area contributed by atoms with Crippen molar-refractivity contribution in [2.24, 2.45) is 7.05 Å². The summed E-state index contributed by atoms with van der Waals surface area (Å²) >= 11 is 6.54. The molecule has 0 saturated carbocycles. The highest BCUT2D eigenvalue weighted by atomic mass is 35.5. The van der Waals surface area contributed by atoms with Crippen LogP contribution in [0.1, 0.15) is 36.5 Å². The Bertz CT molecular complexity index is 774. The molecule has 2 heterocycles. The predicted octanol–water partition coefficient (Wildman–Crippen LogP) is 4.12. The van der Waals surface area contributed by atoms with Crippen LogP contribution in [0.3, 0.4) is 0 Å². The molecule has 1 aliphatic rings. The summed E-state index contributed by atoms with van der Waals surface area (Å²) in [5.74, 6) is 1.69. The van der Waals surface area contributed by atoms with Gasteiger partial charge in [0.2, 0.25) is 5.91 Å². The first-order valence-electron chi connectivity index (χ1n) is 8.32. The van der Waals surface area contributed by atoms with Crippen molar-refractivity contribution in [2.45, 2.75) is 40.0 Å². The third-order valence-corrected chi connectivity index (χ3v) is 4.72. The second-order valence-corrected chi connectivity index (χ2v) is 6.75. The SMILES string of the molecule is CCC(=O)Nc1c2c(nn1C)N(c1c(C)cc(C)cc1Cl)CCC2. The van der Waals surface area contributed by atoms with E-state index in [-0.39, 0.29) is 5.91 Å². The molecule has 0 radical (unpaired) electrons. The molecule has 0 fully saturated rings. The lowest BCUT2D eigenvalue weighted by molar-refractivity contribution is -0.115. The third-order valence-electron chi connectivity index (χ3n) is 4.44. The van der Waals surface area contributed by atoms with Crippen molar-refractivity contribution in [2.75, 3.05) is 16.8 Å². The van der Waals surface area contributed by atoms with E-state index in [0.717, 1.165) is 58.4 Å². The predicted molar refractivity (Wildman–Crippen MR) is 98.4 cm³/mol. The van der Waals surface area contributed by atoms with Gasteiger partial charge in [0.25, 0.3) is 0 Å². The molecule has 1 aliphatic heterocycles. The van der Waals surface area contributed by atoms with E-state index in [1.54, 1.807) is 4.68 Å². The Hall–Kier alpha value is -2.01. The first kappa shape index (κ1) is 16.8. The van der Waals surface area contributed by atoms with Gasteiger partial charge in [-0.1, -0.05) is 24.6 Å². The smallest absolute Gasteiger partial charge is 0.225 e. The molecule has 0 atom stereocenters. The van der Waals surface area contributed by atoms with Gasteiger partial charge >= 0.3 is 0 Å². The standard InChI is InChI=1S/C18H23ClN4O/c1-5-15(24)20-17-13-7-6-8-23(18(13)21-22(17)4)16-12(3)9-11(2)10-14(16)19/h9-10H,5-8H2,1-4H3,(H,20,24). The molecule has 0 unspecified atom stereocenters. The number of amides is 1. The molecule has 0 aliphatic carbocycles. The number of hydrogen-bond acceptors (Lipinski definition) is 3. The Morgan fingerprint density at radius 3 is 2.79 bits per heavy atom. The molecule has 0 spiro atoms. The van der Waals surface area contributed by atoms with Crippen LogP contribution in [0.2, 0.25) is 5.02 Å². The number of rotatable bonds is 3. The summed E-state index contributed by atoms with van der Waals surface area (Å²) in [7, 11) is 1.87. The normalized spacial score (nSPS) is 13.8. The van der Waals surface area contributed by atoms with Gasteiger partial charge in [0.15, 0.2) is 5.82 Å². The van der Waals surface area contributed by atoms with Gasteiger partial charge in [0.1, 0.15) is 5.82 Å². The van der Waals surface area contributed by atoms with E-state index < -0.39 is 0 Å². The summed E-state index contributed by atoms with van der Waals surface area (Å²) < 4.78 is 1.76.